The van der Waals surface area contributed by atoms with Crippen LogP contribution in [0.2, 0.25) is 0 Å². The summed E-state index contributed by atoms with van der Waals surface area (Å²) in [4.78, 5) is 1.44. The summed E-state index contributed by atoms with van der Waals surface area (Å²) in [5.41, 5.74) is 0. The Morgan fingerprint density at radius 3 is 1.65 bits per heavy atom. The highest BCUT2D eigenvalue weighted by Crippen LogP contribution is 2.51. The van der Waals surface area contributed by atoms with Crippen molar-refractivity contribution in [3.05, 3.63) is 0 Å². The van der Waals surface area contributed by atoms with Crippen LogP contribution in [0.5, 0.6) is 0 Å². The molecular weight excluding hydrogens is 444 g/mol. The number of alkyl halides is 6. The van der Waals surface area contributed by atoms with Crippen LogP contribution >= 0.6 is 0 Å². The van der Waals surface area contributed by atoms with Gasteiger partial charge in [0.05, 0.1) is 0 Å². The van der Waals surface area contributed by atoms with Crippen molar-refractivity contribution in [1.29, 1.82) is 0 Å². The lowest BCUT2D eigenvalue weighted by Crippen LogP contribution is -2.65. The monoisotopic (exact) mass is 457 g/mol. The Hall–Kier alpha value is -0.690. The van der Waals surface area contributed by atoms with Gasteiger partial charge in [0.25, 0.3) is 20.0 Å². The molecule has 0 spiro atoms. The van der Waals surface area contributed by atoms with Crippen molar-refractivity contribution in [3.8, 4) is 0 Å². The van der Waals surface area contributed by atoms with Crippen molar-refractivity contribution in [2.75, 3.05) is 33.2 Å². The van der Waals surface area contributed by atoms with Crippen LogP contribution in [0, 0.1) is 0 Å². The molecule has 0 aliphatic carbocycles. The van der Waals surface area contributed by atoms with E-state index >= 15 is 0 Å². The quantitative estimate of drug-likeness (QED) is 0.365. The molecule has 0 aromatic rings. The molecule has 18 heteroatoms. The second kappa shape index (κ2) is 7.04. The highest BCUT2D eigenvalue weighted by molar-refractivity contribution is 7.99. The van der Waals surface area contributed by atoms with Crippen molar-refractivity contribution in [1.82, 2.24) is 13.3 Å². The zero-order valence-electron chi connectivity index (χ0n) is 12.7. The van der Waals surface area contributed by atoms with E-state index in [-0.39, 0.29) is 21.5 Å². The molecule has 26 heavy (non-hydrogen) atoms. The number of hydrogen-bond acceptors (Lipinski definition) is 7. The second-order valence-corrected chi connectivity index (χ2v) is 9.91. The third-order valence-electron chi connectivity index (χ3n) is 3.39. The first-order valence-electron chi connectivity index (χ1n) is 6.40. The van der Waals surface area contributed by atoms with Crippen LogP contribution in [0.25, 0.3) is 0 Å². The molecule has 1 aliphatic heterocycles. The number of nitrogens with zero attached hydrogens (tertiary/aromatic N) is 2. The molecule has 1 N–H and O–H groups in total. The molecule has 0 saturated carbocycles. The molecule has 0 radical (unpaired) electrons. The number of nitrogens with one attached hydrogen (secondary N) is 1. The summed E-state index contributed by atoms with van der Waals surface area (Å²) < 4.78 is 148. The fourth-order valence-electron chi connectivity index (χ4n) is 1.85. The number of hydrogen-bond donors (Lipinski definition) is 2. The Morgan fingerprint density at radius 1 is 0.846 bits per heavy atom. The molecule has 156 valence electrons. The third-order valence-corrected chi connectivity index (χ3v) is 7.83. The molecule has 0 amide bonds. The lowest BCUT2D eigenvalue weighted by atomic mass is 10.3. The van der Waals surface area contributed by atoms with E-state index in [0.29, 0.717) is 0 Å². The minimum Gasteiger partial charge on any atom is -0.304 e. The molecule has 0 unspecified atom stereocenters. The predicted octanol–water partition coefficient (Wildman–Crippen LogP) is -1.17. The highest BCUT2D eigenvalue weighted by Gasteiger charge is 2.82. The average molecular weight is 457 g/mol. The summed E-state index contributed by atoms with van der Waals surface area (Å²) in [6, 6.07) is 0. The summed E-state index contributed by atoms with van der Waals surface area (Å²) in [7, 11) is -16.3. The average Bonchev–Trinajstić information content (AvgIpc) is 2.45. The number of thiol groups is 1. The fourth-order valence-corrected chi connectivity index (χ4v) is 5.04. The molecule has 9 nitrogen and oxygen atoms in total. The summed E-state index contributed by atoms with van der Waals surface area (Å²) in [5, 5.41) is -13.3. The van der Waals surface area contributed by atoms with E-state index in [1.54, 1.807) is 0 Å². The van der Waals surface area contributed by atoms with Crippen LogP contribution in [0.1, 0.15) is 0 Å². The molecule has 0 aromatic heterocycles. The number of likely N-dealkylation sites (N-methyl/N-ethyl adjacent to an activating group) is 1. The molecule has 0 atom stereocenters. The van der Waals surface area contributed by atoms with Gasteiger partial charge in [0, 0.05) is 26.2 Å². The SMILES string of the molecule is CN1CCN(S(=O)(=O)C(F)(F)C(F)(F)C(F)(F)S(=O)(=O)N[SH](=O)=O)CC1. The number of rotatable bonds is 7. The van der Waals surface area contributed by atoms with Crippen LogP contribution in [0.3, 0.4) is 0 Å². The van der Waals surface area contributed by atoms with Crippen molar-refractivity contribution in [2.45, 2.75) is 16.4 Å². The minimum atomic E-state index is -6.99. The summed E-state index contributed by atoms with van der Waals surface area (Å²) >= 11 is 0. The second-order valence-electron chi connectivity index (χ2n) is 5.17. The van der Waals surface area contributed by atoms with Crippen molar-refractivity contribution >= 4 is 30.9 Å². The van der Waals surface area contributed by atoms with Gasteiger partial charge in [-0.05, 0) is 7.05 Å². The van der Waals surface area contributed by atoms with Gasteiger partial charge in [-0.25, -0.2) is 25.3 Å². The standard InChI is InChI=1S/C8H13F6N3O6S3/c1-16-2-4-17(5-3-16)26(22,23)8(13,14)6(9,10)7(11,12)25(20,21)15-24(18)19/h24H,2-5H2,1H3,(H,15,18,19). The van der Waals surface area contributed by atoms with Crippen LogP contribution < -0.4 is 4.13 Å². The predicted molar refractivity (Wildman–Crippen MR) is 75.2 cm³/mol. The Balaban J connectivity index is 3.39. The largest absolute Gasteiger partial charge is 0.429 e. The highest BCUT2D eigenvalue weighted by atomic mass is 32.3. The maximum Gasteiger partial charge on any atom is 0.429 e. The van der Waals surface area contributed by atoms with Gasteiger partial charge in [0.15, 0.2) is 0 Å². The fraction of sp³-hybridized carbons (Fsp3) is 1.00. The van der Waals surface area contributed by atoms with E-state index in [1.807, 2.05) is 0 Å². The van der Waals surface area contributed by atoms with E-state index in [9.17, 15) is 51.6 Å². The number of sulfonamides is 2. The lowest BCUT2D eigenvalue weighted by molar-refractivity contribution is -0.245. The summed E-state index contributed by atoms with van der Waals surface area (Å²) in [6.45, 7) is -1.80. The van der Waals surface area contributed by atoms with E-state index < -0.39 is 60.5 Å². The molecule has 1 saturated heterocycles. The van der Waals surface area contributed by atoms with Crippen molar-refractivity contribution in [3.63, 3.8) is 0 Å². The van der Waals surface area contributed by atoms with Gasteiger partial charge in [0.2, 0.25) is 10.9 Å². The zero-order chi connectivity index (χ0) is 20.8. The van der Waals surface area contributed by atoms with Crippen LogP contribution in [0.15, 0.2) is 0 Å². The molecule has 0 aromatic carbocycles. The normalized spacial score (nSPS) is 19.8. The Morgan fingerprint density at radius 2 is 1.27 bits per heavy atom. The minimum absolute atomic E-state index is 0.0219. The van der Waals surface area contributed by atoms with Crippen LogP contribution in [-0.4, -0.2) is 84.1 Å². The van der Waals surface area contributed by atoms with Gasteiger partial charge in [-0.3, -0.25) is 0 Å². The molecule has 1 aliphatic rings. The van der Waals surface area contributed by atoms with Gasteiger partial charge in [-0.1, -0.05) is 0 Å². The number of piperazine rings is 1. The molecule has 1 fully saturated rings. The van der Waals surface area contributed by atoms with E-state index in [4.69, 9.17) is 0 Å². The zero-order valence-corrected chi connectivity index (χ0v) is 15.2. The topological polar surface area (TPSA) is 121 Å². The van der Waals surface area contributed by atoms with Crippen LogP contribution in [0.4, 0.5) is 26.3 Å². The van der Waals surface area contributed by atoms with Gasteiger partial charge >= 0.3 is 16.4 Å². The van der Waals surface area contributed by atoms with E-state index in [0.717, 1.165) is 0 Å². The first-order valence-corrected chi connectivity index (χ1v) is 10.5. The summed E-state index contributed by atoms with van der Waals surface area (Å²) in [6.07, 6.45) is 0. The summed E-state index contributed by atoms with van der Waals surface area (Å²) in [5.74, 6) is -6.99. The maximum atomic E-state index is 13.9. The van der Waals surface area contributed by atoms with Crippen LogP contribution in [-0.2, 0) is 30.9 Å². The first-order chi connectivity index (χ1) is 11.4. The van der Waals surface area contributed by atoms with Crippen molar-refractivity contribution < 1.29 is 51.6 Å². The van der Waals surface area contributed by atoms with Crippen molar-refractivity contribution in [2.24, 2.45) is 0 Å². The smallest absolute Gasteiger partial charge is 0.304 e. The van der Waals surface area contributed by atoms with E-state index in [2.05, 4.69) is 0 Å². The Kier molecular flexibility index (Phi) is 6.32. The molecular formula is C8H13F6N3O6S3. The molecule has 1 heterocycles. The van der Waals surface area contributed by atoms with Gasteiger partial charge in [-0.15, -0.1) is 4.13 Å². The van der Waals surface area contributed by atoms with E-state index in [1.165, 1.54) is 11.9 Å². The maximum absolute atomic E-state index is 13.9. The number of halogens is 6. The molecule has 1 rings (SSSR count). The Labute approximate surface area is 146 Å². The van der Waals surface area contributed by atoms with Gasteiger partial charge in [-0.2, -0.15) is 30.6 Å². The van der Waals surface area contributed by atoms with Gasteiger partial charge in [0.1, 0.15) is 0 Å². The first kappa shape index (κ1) is 23.3. The lowest BCUT2D eigenvalue weighted by Gasteiger charge is -2.37. The molecule has 0 bridgehead atoms. The van der Waals surface area contributed by atoms with Gasteiger partial charge < -0.3 is 4.90 Å². The Bertz CT molecular complexity index is 811. The third kappa shape index (κ3) is 3.66.